The van der Waals surface area contributed by atoms with Crippen LogP contribution in [0.15, 0.2) is 0 Å². The molecule has 1 saturated heterocycles. The van der Waals surface area contributed by atoms with E-state index in [1.807, 2.05) is 0 Å². The summed E-state index contributed by atoms with van der Waals surface area (Å²) in [5, 5.41) is 2.20. The first kappa shape index (κ1) is 9.49. The number of hydrogen-bond acceptors (Lipinski definition) is 3. The maximum absolute atomic E-state index is 11.5. The van der Waals surface area contributed by atoms with Crippen LogP contribution < -0.4 is 5.32 Å². The van der Waals surface area contributed by atoms with E-state index < -0.39 is 11.7 Å². The maximum Gasteiger partial charge on any atom is 0.415 e. The summed E-state index contributed by atoms with van der Waals surface area (Å²) in [7, 11) is 0. The number of carbonyl (C=O) groups is 2. The molecule has 2 aliphatic rings. The lowest BCUT2D eigenvalue weighted by molar-refractivity contribution is -0.135. The Bertz CT molecular complexity index is 286. The fourth-order valence-electron chi connectivity index (χ4n) is 2.12. The van der Waals surface area contributed by atoms with E-state index in [9.17, 15) is 9.59 Å². The van der Waals surface area contributed by atoms with Crippen molar-refractivity contribution in [3.63, 3.8) is 0 Å². The first-order chi connectivity index (χ1) is 6.44. The highest BCUT2D eigenvalue weighted by atomic mass is 16.6. The highest BCUT2D eigenvalue weighted by molar-refractivity contribution is 6.02. The number of amides is 2. The highest BCUT2D eigenvalue weighted by Crippen LogP contribution is 2.43. The second-order valence-corrected chi connectivity index (χ2v) is 5.00. The van der Waals surface area contributed by atoms with Crippen molar-refractivity contribution in [3.05, 3.63) is 0 Å². The molecule has 0 bridgehead atoms. The number of ether oxygens (including phenoxy) is 1. The fourth-order valence-corrected chi connectivity index (χ4v) is 2.12. The maximum atomic E-state index is 11.5. The number of carbonyl (C=O) groups excluding carboxylic acids is 2. The number of imide groups is 1. The molecule has 0 aromatic rings. The van der Waals surface area contributed by atoms with Crippen molar-refractivity contribution in [1.82, 2.24) is 5.32 Å². The first-order valence-electron chi connectivity index (χ1n) is 4.98. The van der Waals surface area contributed by atoms with Gasteiger partial charge in [0.1, 0.15) is 0 Å². The zero-order valence-corrected chi connectivity index (χ0v) is 8.55. The molecule has 14 heavy (non-hydrogen) atoms. The number of rotatable bonds is 0. The van der Waals surface area contributed by atoms with Crippen LogP contribution in [0.5, 0.6) is 0 Å². The van der Waals surface area contributed by atoms with Crippen LogP contribution in [0.4, 0.5) is 4.79 Å². The van der Waals surface area contributed by atoms with Crippen LogP contribution in [0.25, 0.3) is 0 Å². The van der Waals surface area contributed by atoms with E-state index in [-0.39, 0.29) is 11.3 Å². The van der Waals surface area contributed by atoms with Gasteiger partial charge in [0.25, 0.3) is 5.91 Å². The van der Waals surface area contributed by atoms with Crippen LogP contribution >= 0.6 is 0 Å². The van der Waals surface area contributed by atoms with Crippen molar-refractivity contribution in [2.45, 2.75) is 45.1 Å². The van der Waals surface area contributed by atoms with Gasteiger partial charge in [-0.1, -0.05) is 13.8 Å². The summed E-state index contributed by atoms with van der Waals surface area (Å²) in [4.78, 5) is 22.4. The van der Waals surface area contributed by atoms with Crippen molar-refractivity contribution in [2.24, 2.45) is 5.41 Å². The van der Waals surface area contributed by atoms with Crippen LogP contribution in [0.1, 0.15) is 39.5 Å². The Morgan fingerprint density at radius 3 is 2.14 bits per heavy atom. The van der Waals surface area contributed by atoms with Crippen LogP contribution in [0, 0.1) is 5.41 Å². The first-order valence-corrected chi connectivity index (χ1v) is 4.98. The molecule has 0 aromatic heterocycles. The van der Waals surface area contributed by atoms with Crippen molar-refractivity contribution in [2.75, 3.05) is 0 Å². The Morgan fingerprint density at radius 2 is 1.71 bits per heavy atom. The standard InChI is InChI=1S/C10H15NO3/c1-9(2)3-5-10(6-4-9)7(12)11-8(13)14-10/h3-6H2,1-2H3,(H,11,12,13). The fraction of sp³-hybridized carbons (Fsp3) is 0.800. The largest absolute Gasteiger partial charge is 0.432 e. The molecule has 1 heterocycles. The third-order valence-corrected chi connectivity index (χ3v) is 3.33. The molecule has 1 saturated carbocycles. The van der Waals surface area contributed by atoms with Crippen LogP contribution in [0.2, 0.25) is 0 Å². The molecule has 2 rings (SSSR count). The SMILES string of the molecule is CC1(C)CCC2(CC1)OC(=O)NC2=O. The van der Waals surface area contributed by atoms with E-state index >= 15 is 0 Å². The molecule has 0 unspecified atom stereocenters. The molecular formula is C10H15NO3. The molecule has 0 atom stereocenters. The summed E-state index contributed by atoms with van der Waals surface area (Å²) in [6.45, 7) is 4.35. The Morgan fingerprint density at radius 1 is 1.14 bits per heavy atom. The average Bonchev–Trinajstić information content (AvgIpc) is 2.35. The van der Waals surface area contributed by atoms with E-state index in [0.717, 1.165) is 12.8 Å². The minimum atomic E-state index is -0.841. The summed E-state index contributed by atoms with van der Waals surface area (Å²) in [6.07, 6.45) is 2.56. The minimum Gasteiger partial charge on any atom is -0.432 e. The Hall–Kier alpha value is -1.06. The lowest BCUT2D eigenvalue weighted by atomic mass is 9.71. The van der Waals surface area contributed by atoms with Gasteiger partial charge in [-0.3, -0.25) is 10.1 Å². The second-order valence-electron chi connectivity index (χ2n) is 5.00. The molecule has 0 aromatic carbocycles. The topological polar surface area (TPSA) is 55.4 Å². The summed E-state index contributed by atoms with van der Waals surface area (Å²) < 4.78 is 5.10. The molecule has 2 fully saturated rings. The van der Waals surface area contributed by atoms with Gasteiger partial charge in [0.05, 0.1) is 0 Å². The van der Waals surface area contributed by atoms with Crippen molar-refractivity contribution < 1.29 is 14.3 Å². The number of hydrogen-bond donors (Lipinski definition) is 1. The molecule has 4 heteroatoms. The Balaban J connectivity index is 2.13. The molecule has 78 valence electrons. The van der Waals surface area contributed by atoms with Gasteiger partial charge >= 0.3 is 6.09 Å². The molecule has 1 aliphatic carbocycles. The Labute approximate surface area is 83.0 Å². The van der Waals surface area contributed by atoms with Gasteiger partial charge in [-0.25, -0.2) is 4.79 Å². The van der Waals surface area contributed by atoms with Gasteiger partial charge in [0.15, 0.2) is 5.60 Å². The molecule has 4 nitrogen and oxygen atoms in total. The molecule has 0 radical (unpaired) electrons. The van der Waals surface area contributed by atoms with Gasteiger partial charge < -0.3 is 4.74 Å². The normalized spacial score (nSPS) is 28.7. The van der Waals surface area contributed by atoms with Crippen molar-refractivity contribution in [3.8, 4) is 0 Å². The van der Waals surface area contributed by atoms with Gasteiger partial charge in [0, 0.05) is 0 Å². The quantitative estimate of drug-likeness (QED) is 0.641. The Kier molecular flexibility index (Phi) is 1.84. The van der Waals surface area contributed by atoms with E-state index in [4.69, 9.17) is 4.74 Å². The van der Waals surface area contributed by atoms with E-state index in [1.165, 1.54) is 0 Å². The minimum absolute atomic E-state index is 0.252. The average molecular weight is 197 g/mol. The van der Waals surface area contributed by atoms with Gasteiger partial charge in [0.2, 0.25) is 0 Å². The summed E-state index contributed by atoms with van der Waals surface area (Å²) in [5.41, 5.74) is -0.576. The molecule has 1 aliphatic heterocycles. The predicted molar refractivity (Wildman–Crippen MR) is 49.6 cm³/mol. The van der Waals surface area contributed by atoms with Gasteiger partial charge in [-0.15, -0.1) is 0 Å². The monoisotopic (exact) mass is 197 g/mol. The summed E-state index contributed by atoms with van der Waals surface area (Å²) in [5.74, 6) is -0.252. The lowest BCUT2D eigenvalue weighted by Crippen LogP contribution is -2.44. The smallest absolute Gasteiger partial charge is 0.415 e. The van der Waals surface area contributed by atoms with E-state index in [2.05, 4.69) is 19.2 Å². The number of alkyl carbamates (subject to hydrolysis) is 1. The molecule has 1 N–H and O–H groups in total. The third-order valence-electron chi connectivity index (χ3n) is 3.33. The van der Waals surface area contributed by atoms with Crippen molar-refractivity contribution >= 4 is 12.0 Å². The third kappa shape index (κ3) is 1.38. The van der Waals surface area contributed by atoms with Crippen LogP contribution in [-0.2, 0) is 9.53 Å². The van der Waals surface area contributed by atoms with Crippen LogP contribution in [-0.4, -0.2) is 17.6 Å². The summed E-state index contributed by atoms with van der Waals surface area (Å²) in [6, 6.07) is 0. The highest BCUT2D eigenvalue weighted by Gasteiger charge is 2.51. The molecular weight excluding hydrogens is 182 g/mol. The zero-order chi connectivity index (χ0) is 10.4. The van der Waals surface area contributed by atoms with Crippen molar-refractivity contribution in [1.29, 1.82) is 0 Å². The van der Waals surface area contributed by atoms with Gasteiger partial charge in [-0.2, -0.15) is 0 Å². The van der Waals surface area contributed by atoms with E-state index in [1.54, 1.807) is 0 Å². The second kappa shape index (κ2) is 2.72. The molecule has 1 spiro atoms. The molecule has 2 amide bonds. The predicted octanol–water partition coefficient (Wildman–Crippen LogP) is 1.59. The van der Waals surface area contributed by atoms with Gasteiger partial charge in [-0.05, 0) is 31.1 Å². The lowest BCUT2D eigenvalue weighted by Gasteiger charge is -2.37. The van der Waals surface area contributed by atoms with E-state index in [0.29, 0.717) is 12.8 Å². The van der Waals surface area contributed by atoms with Crippen LogP contribution in [0.3, 0.4) is 0 Å². The number of nitrogens with one attached hydrogen (secondary N) is 1. The summed E-state index contributed by atoms with van der Waals surface area (Å²) >= 11 is 0. The zero-order valence-electron chi connectivity index (χ0n) is 8.55.